The highest BCUT2D eigenvalue weighted by molar-refractivity contribution is 6.06. The number of benzene rings is 1. The topological polar surface area (TPSA) is 140 Å². The van der Waals surface area contributed by atoms with Crippen LogP contribution in [0.25, 0.3) is 11.3 Å². The number of amides is 2. The molecule has 298 valence electrons. The second kappa shape index (κ2) is 19.5. The minimum Gasteiger partial charge on any atom is -0.388 e. The summed E-state index contributed by atoms with van der Waals surface area (Å²) in [5.41, 5.74) is 6.90. The van der Waals surface area contributed by atoms with E-state index in [2.05, 4.69) is 43.4 Å². The molecule has 1 aliphatic carbocycles. The number of nitrogens with one attached hydrogen (secondary N) is 3. The van der Waals surface area contributed by atoms with Gasteiger partial charge in [-0.3, -0.25) is 24.2 Å². The molecule has 0 bridgehead atoms. The fourth-order valence-corrected chi connectivity index (χ4v) is 7.98. The van der Waals surface area contributed by atoms with Gasteiger partial charge in [0.2, 0.25) is 11.9 Å². The Labute approximate surface area is 329 Å². The lowest BCUT2D eigenvalue weighted by atomic mass is 9.89. The zero-order valence-electron chi connectivity index (χ0n) is 33.2. The Morgan fingerprint density at radius 1 is 1.14 bits per heavy atom. The molecule has 2 unspecified atom stereocenters. The Kier molecular flexibility index (Phi) is 14.6. The van der Waals surface area contributed by atoms with Crippen LogP contribution in [0.2, 0.25) is 0 Å². The molecule has 0 radical (unpaired) electrons. The van der Waals surface area contributed by atoms with E-state index in [9.17, 15) is 23.6 Å². The molecule has 2 aromatic rings. The van der Waals surface area contributed by atoms with Crippen molar-refractivity contribution >= 4 is 36.0 Å². The highest BCUT2D eigenvalue weighted by atomic mass is 19.1. The number of likely N-dealkylation sites (N-methyl/N-ethyl adjacent to an activating group) is 2. The van der Waals surface area contributed by atoms with Crippen molar-refractivity contribution in [2.75, 3.05) is 64.5 Å². The van der Waals surface area contributed by atoms with Gasteiger partial charge in [-0.15, -0.1) is 0 Å². The van der Waals surface area contributed by atoms with Crippen LogP contribution in [0.1, 0.15) is 51.0 Å². The van der Waals surface area contributed by atoms with E-state index in [1.807, 2.05) is 32.1 Å². The first-order valence-electron chi connectivity index (χ1n) is 19.4. The average Bonchev–Trinajstić information content (AvgIpc) is 3.21. The van der Waals surface area contributed by atoms with Crippen molar-refractivity contribution < 1.29 is 23.6 Å². The van der Waals surface area contributed by atoms with E-state index >= 15 is 0 Å². The van der Waals surface area contributed by atoms with E-state index in [1.54, 1.807) is 19.3 Å². The maximum absolute atomic E-state index is 14.4. The Bertz CT molecular complexity index is 1930. The molecule has 5 rings (SSSR count). The quantitative estimate of drug-likeness (QED) is 0.195. The largest absolute Gasteiger partial charge is 0.388 e. The van der Waals surface area contributed by atoms with Crippen LogP contribution in [-0.2, 0) is 19.2 Å². The summed E-state index contributed by atoms with van der Waals surface area (Å²) in [6.45, 7) is 12.5. The van der Waals surface area contributed by atoms with Crippen molar-refractivity contribution in [1.82, 2.24) is 30.0 Å². The van der Waals surface area contributed by atoms with Crippen molar-refractivity contribution in [3.05, 3.63) is 94.6 Å². The lowest BCUT2D eigenvalue weighted by Crippen LogP contribution is -2.48. The number of allylic oxidation sites excluding steroid dienone is 2. The number of nitrogens with zero attached hydrogens (tertiary/aromatic N) is 5. The van der Waals surface area contributed by atoms with Crippen LogP contribution >= 0.6 is 0 Å². The summed E-state index contributed by atoms with van der Waals surface area (Å²) in [6.07, 6.45) is 14.8. The number of carbonyl (C=O) groups excluding carboxylic acids is 4. The highest BCUT2D eigenvalue weighted by Gasteiger charge is 2.33. The van der Waals surface area contributed by atoms with E-state index in [-0.39, 0.29) is 30.6 Å². The Morgan fingerprint density at radius 2 is 1.91 bits per heavy atom. The fourth-order valence-electron chi connectivity index (χ4n) is 7.98. The molecule has 3 N–H and O–H groups in total. The van der Waals surface area contributed by atoms with Crippen LogP contribution in [0, 0.1) is 18.7 Å². The normalized spacial score (nSPS) is 19.0. The number of hydrogen-bond donors (Lipinski definition) is 3. The van der Waals surface area contributed by atoms with Gasteiger partial charge >= 0.3 is 0 Å². The van der Waals surface area contributed by atoms with Crippen molar-refractivity contribution in [2.24, 2.45) is 5.92 Å². The van der Waals surface area contributed by atoms with Crippen LogP contribution in [0.4, 0.5) is 16.0 Å². The maximum Gasteiger partial charge on any atom is 0.254 e. The number of hydrogen-bond acceptors (Lipinski definition) is 10. The van der Waals surface area contributed by atoms with Gasteiger partial charge in [0.25, 0.3) is 5.91 Å². The van der Waals surface area contributed by atoms with Gasteiger partial charge in [-0.1, -0.05) is 24.8 Å². The summed E-state index contributed by atoms with van der Waals surface area (Å²) < 4.78 is 14.4. The smallest absolute Gasteiger partial charge is 0.254 e. The van der Waals surface area contributed by atoms with Crippen LogP contribution in [0.5, 0.6) is 0 Å². The SMILES string of the molecule is C=CC1=C(/C=C(\C)Nc2nccc(-c3cc(F)cc(NC)c3C)n2)CN(CC2CCN(C3C=C(C=O)C(C(=O)N(C)C(CCC=O)C(=O)NC)=CC3)CC2)CC1. The number of aromatic nitrogens is 2. The molecule has 2 amide bonds. The third-order valence-corrected chi connectivity index (χ3v) is 11.2. The molecule has 13 heteroatoms. The second-order valence-corrected chi connectivity index (χ2v) is 14.8. The van der Waals surface area contributed by atoms with Crippen LogP contribution < -0.4 is 16.0 Å². The van der Waals surface area contributed by atoms with Crippen molar-refractivity contribution in [2.45, 2.75) is 64.5 Å². The first-order chi connectivity index (χ1) is 27.0. The van der Waals surface area contributed by atoms with E-state index in [0.29, 0.717) is 46.4 Å². The Balaban J connectivity index is 1.16. The minimum absolute atomic E-state index is 0.0106. The minimum atomic E-state index is -0.807. The molecule has 1 saturated heterocycles. The molecule has 1 aromatic carbocycles. The predicted molar refractivity (Wildman–Crippen MR) is 218 cm³/mol. The monoisotopic (exact) mass is 766 g/mol. The van der Waals surface area contributed by atoms with Gasteiger partial charge in [-0.05, 0) is 106 Å². The van der Waals surface area contributed by atoms with Gasteiger partial charge in [0, 0.05) is 87.5 Å². The van der Waals surface area contributed by atoms with Gasteiger partial charge in [0.1, 0.15) is 18.1 Å². The molecule has 1 aromatic heterocycles. The number of halogens is 1. The molecular weight excluding hydrogens is 712 g/mol. The van der Waals surface area contributed by atoms with E-state index < -0.39 is 11.9 Å². The number of rotatable bonds is 16. The molecule has 56 heavy (non-hydrogen) atoms. The second-order valence-electron chi connectivity index (χ2n) is 14.8. The van der Waals surface area contributed by atoms with Gasteiger partial charge in [0.05, 0.1) is 5.69 Å². The van der Waals surface area contributed by atoms with Gasteiger partial charge < -0.3 is 25.6 Å². The molecule has 2 aliphatic heterocycles. The van der Waals surface area contributed by atoms with Gasteiger partial charge in [-0.2, -0.15) is 0 Å². The first kappa shape index (κ1) is 41.9. The summed E-state index contributed by atoms with van der Waals surface area (Å²) in [5, 5.41) is 8.95. The maximum atomic E-state index is 14.4. The van der Waals surface area contributed by atoms with Gasteiger partial charge in [0.15, 0.2) is 6.29 Å². The number of likely N-dealkylation sites (tertiary alicyclic amines) is 1. The van der Waals surface area contributed by atoms with Crippen LogP contribution in [0.15, 0.2) is 83.3 Å². The molecule has 0 saturated carbocycles. The Hall–Kier alpha value is -5.27. The number of carbonyl (C=O) groups is 4. The number of aldehydes is 2. The van der Waals surface area contributed by atoms with Crippen molar-refractivity contribution in [1.29, 1.82) is 0 Å². The van der Waals surface area contributed by atoms with Crippen LogP contribution in [0.3, 0.4) is 0 Å². The van der Waals surface area contributed by atoms with E-state index in [4.69, 9.17) is 4.98 Å². The lowest BCUT2D eigenvalue weighted by molar-refractivity contribution is -0.136. The summed E-state index contributed by atoms with van der Waals surface area (Å²) in [7, 11) is 4.80. The number of piperidine rings is 1. The third kappa shape index (κ3) is 10.1. The van der Waals surface area contributed by atoms with Crippen molar-refractivity contribution in [3.8, 4) is 11.3 Å². The van der Waals surface area contributed by atoms with E-state index in [0.717, 1.165) is 75.8 Å². The first-order valence-corrected chi connectivity index (χ1v) is 19.4. The van der Waals surface area contributed by atoms with E-state index in [1.165, 1.54) is 42.3 Å². The third-order valence-electron chi connectivity index (χ3n) is 11.2. The summed E-state index contributed by atoms with van der Waals surface area (Å²) >= 11 is 0. The lowest BCUT2D eigenvalue weighted by Gasteiger charge is -2.40. The fraction of sp³-hybridized carbons (Fsp3) is 0.442. The Morgan fingerprint density at radius 3 is 2.59 bits per heavy atom. The molecule has 12 nitrogen and oxygen atoms in total. The van der Waals surface area contributed by atoms with Crippen LogP contribution in [-0.4, -0.2) is 115 Å². The molecule has 3 aliphatic rings. The molecule has 3 heterocycles. The van der Waals surface area contributed by atoms with Crippen molar-refractivity contribution in [3.63, 3.8) is 0 Å². The predicted octanol–water partition coefficient (Wildman–Crippen LogP) is 5.22. The summed E-state index contributed by atoms with van der Waals surface area (Å²) in [5.74, 6) is -0.130. The standard InChI is InChI=1S/C43H55FN8O4/c1-7-31-15-17-51(26-32(31)21-28(2)48-43-47-16-12-38(49-43)37-23-34(44)24-39(45-4)29(37)3)25-30-13-18-52(19-14-30)35-10-11-36(33(22-35)27-54)42(56)50(6)40(9-8-20-53)41(55)46-5/h7,11-12,16,20-24,27,30,35,40,45H,1,8-10,13-15,17-19,25-26H2,2-6H3,(H,46,55)(H,47,48,49)/b28-21+. The van der Waals surface area contributed by atoms with Gasteiger partial charge in [-0.25, -0.2) is 14.4 Å². The number of anilines is 2. The molecular formula is C43H55FN8O4. The highest BCUT2D eigenvalue weighted by Crippen LogP contribution is 2.31. The zero-order chi connectivity index (χ0) is 40.4. The summed E-state index contributed by atoms with van der Waals surface area (Å²) in [4.78, 5) is 64.5. The summed E-state index contributed by atoms with van der Waals surface area (Å²) in [6, 6.07) is 3.95. The molecule has 1 fully saturated rings. The molecule has 2 atom stereocenters. The zero-order valence-corrected chi connectivity index (χ0v) is 33.2. The average molecular weight is 767 g/mol. The molecule has 0 spiro atoms.